The van der Waals surface area contributed by atoms with E-state index < -0.39 is 171 Å². The SMILES string of the molecule is C=C1C[C@@]23CC[C@H]4[C@@](C)(CCC[C@@]4(C)C(=O)NCCCCCNC(=O)[C@]4(C)CCC[C@@]5(C)[C@@H]6CC[C@]7(O[C@@H]8O[C@H](CO)[C@@H](O)[C@H](O)[C@H]8O[C@@H]8O[C@H](CO)[C@@H](O)[C@H](O)[C@H]8O)C[C@@]6(CC[C@@H]54)CC7=C)[C@@H]2CC[C@]1(O[C@@H]1O[C@H](CO)[C@@H](O)[C@H](O)[C@H]1O[C@@H]1O[C@H](CO)[C@@H](O)[C@H](O)[C@H]1O)C3. The van der Waals surface area contributed by atoms with Crippen molar-refractivity contribution in [2.75, 3.05) is 39.5 Å². The summed E-state index contributed by atoms with van der Waals surface area (Å²) in [6.45, 7) is 16.5. The van der Waals surface area contributed by atoms with Gasteiger partial charge in [0.15, 0.2) is 25.2 Å². The second kappa shape index (κ2) is 27.1. The number of aliphatic hydroxyl groups excluding tert-OH is 14. The maximum Gasteiger partial charge on any atom is 0.226 e. The van der Waals surface area contributed by atoms with E-state index in [-0.39, 0.29) is 57.1 Å². The summed E-state index contributed by atoms with van der Waals surface area (Å²) in [6, 6.07) is 0. The van der Waals surface area contributed by atoms with E-state index in [1.165, 1.54) is 0 Å². The Balaban J connectivity index is 0.627. The third-order valence-electron chi connectivity index (χ3n) is 27.3. The van der Waals surface area contributed by atoms with E-state index in [9.17, 15) is 81.1 Å². The van der Waals surface area contributed by atoms with Crippen LogP contribution in [0.15, 0.2) is 24.3 Å². The summed E-state index contributed by atoms with van der Waals surface area (Å²) in [5.74, 6) is 0.870. The molecule has 4 saturated heterocycles. The standard InChI is InChI=1S/C69H110N2O24/c1-34-26-66-20-12-40-62(3,42(66)14-22-68(34,32-66)94-58-54(50(82)46(78)38(30-74)90-58)92-56-52(84)48(80)44(76)36(28-72)88-56)16-10-18-64(40,5)60(86)70-24-8-7-9-25-71-61(87)65(6)19-11-17-63(4)41(65)13-21-67-27-35(2)69(33-67,23-15-43(63)67)95-59-55(51(83)47(79)39(31-75)91-59)93-57-53(85)49(81)45(77)37(29-73)89-57/h36-59,72-85H,1-2,7-33H2,3-6H3,(H,70,86)(H,71,87)/t36-,37-,38-,39-,40+,41+,42+,43+,44-,45-,46-,47-,48+,49+,50+,51+,52-,53-,54-,55-,56+,57+,58+,59+,62-,63-,64-,65-,66-,67-,68+,69+/m1/s1. The molecule has 0 aromatic carbocycles. The van der Waals surface area contributed by atoms with Crippen LogP contribution < -0.4 is 10.6 Å². The van der Waals surface area contributed by atoms with Crippen LogP contribution in [0.5, 0.6) is 0 Å². The lowest BCUT2D eigenvalue weighted by molar-refractivity contribution is -0.378. The van der Waals surface area contributed by atoms with Gasteiger partial charge in [-0.1, -0.05) is 53.7 Å². The van der Waals surface area contributed by atoms with Gasteiger partial charge in [-0.3, -0.25) is 9.59 Å². The smallest absolute Gasteiger partial charge is 0.226 e. The number of nitrogens with one attached hydrogen (secondary N) is 2. The first-order valence-corrected chi connectivity index (χ1v) is 35.4. The van der Waals surface area contributed by atoms with Gasteiger partial charge in [0.1, 0.15) is 97.7 Å². The van der Waals surface area contributed by atoms with Crippen molar-refractivity contribution in [3.63, 3.8) is 0 Å². The lowest BCUT2D eigenvalue weighted by Crippen LogP contribution is -2.65. The van der Waals surface area contributed by atoms with Gasteiger partial charge in [-0.2, -0.15) is 0 Å². The van der Waals surface area contributed by atoms with Gasteiger partial charge < -0.3 is 120 Å². The molecule has 0 unspecified atom stereocenters. The first-order valence-electron chi connectivity index (χ1n) is 35.4. The molecule has 26 heteroatoms. The molecule has 95 heavy (non-hydrogen) atoms. The van der Waals surface area contributed by atoms with Crippen LogP contribution in [0.3, 0.4) is 0 Å². The van der Waals surface area contributed by atoms with E-state index in [1.807, 2.05) is 0 Å². The number of carbonyl (C=O) groups is 2. The molecular weight excluding hydrogens is 1240 g/mol. The van der Waals surface area contributed by atoms with Gasteiger partial charge in [0.05, 0.1) is 37.6 Å². The fraction of sp³-hybridized carbons (Fsp3) is 0.913. The highest BCUT2D eigenvalue weighted by Crippen LogP contribution is 2.76. The number of unbranched alkanes of at least 4 members (excludes halogenated alkanes) is 2. The molecule has 16 N–H and O–H groups in total. The van der Waals surface area contributed by atoms with Crippen molar-refractivity contribution in [2.45, 2.75) is 297 Å². The number of aliphatic hydroxyl groups is 14. The molecule has 12 aliphatic rings. The van der Waals surface area contributed by atoms with Crippen molar-refractivity contribution in [1.29, 1.82) is 0 Å². The lowest BCUT2D eigenvalue weighted by Gasteiger charge is -2.64. The molecule has 4 bridgehead atoms. The van der Waals surface area contributed by atoms with E-state index in [2.05, 4.69) is 51.5 Å². The summed E-state index contributed by atoms with van der Waals surface area (Å²) in [4.78, 5) is 29.3. The van der Waals surface area contributed by atoms with E-state index >= 15 is 0 Å². The summed E-state index contributed by atoms with van der Waals surface area (Å²) in [7, 11) is 0. The van der Waals surface area contributed by atoms with E-state index in [1.54, 1.807) is 0 Å². The number of amides is 2. The number of hydrogen-bond acceptors (Lipinski definition) is 24. The van der Waals surface area contributed by atoms with Crippen molar-refractivity contribution in [3.05, 3.63) is 24.3 Å². The third kappa shape index (κ3) is 12.0. The van der Waals surface area contributed by atoms with Crippen molar-refractivity contribution in [2.24, 2.45) is 56.2 Å². The fourth-order valence-electron chi connectivity index (χ4n) is 22.5. The van der Waals surface area contributed by atoms with Crippen LogP contribution in [0.25, 0.3) is 0 Å². The van der Waals surface area contributed by atoms with Gasteiger partial charge in [-0.15, -0.1) is 0 Å². The highest BCUT2D eigenvalue weighted by atomic mass is 16.8. The molecule has 2 amide bonds. The van der Waals surface area contributed by atoms with Crippen LogP contribution in [0.1, 0.15) is 163 Å². The summed E-state index contributed by atoms with van der Waals surface area (Å²) in [5, 5.41) is 155. The Morgan fingerprint density at radius 3 is 1.13 bits per heavy atom. The average molecular weight is 1350 g/mol. The molecule has 12 fully saturated rings. The normalized spacial score (nSPS) is 52.6. The van der Waals surface area contributed by atoms with Crippen LogP contribution >= 0.6 is 0 Å². The molecule has 32 atom stereocenters. The van der Waals surface area contributed by atoms with Gasteiger partial charge >= 0.3 is 0 Å². The quantitative estimate of drug-likeness (QED) is 0.0428. The molecule has 4 aliphatic heterocycles. The van der Waals surface area contributed by atoms with Crippen LogP contribution in [-0.2, 0) is 47.5 Å². The van der Waals surface area contributed by atoms with Crippen molar-refractivity contribution < 1.29 is 119 Å². The minimum Gasteiger partial charge on any atom is -0.394 e. The minimum atomic E-state index is -1.80. The van der Waals surface area contributed by atoms with E-state index in [0.717, 1.165) is 107 Å². The maximum atomic E-state index is 14.6. The first-order chi connectivity index (χ1) is 45.0. The van der Waals surface area contributed by atoms with Crippen LogP contribution in [0.2, 0.25) is 0 Å². The Kier molecular flexibility index (Phi) is 20.6. The van der Waals surface area contributed by atoms with Crippen LogP contribution in [-0.4, -0.2) is 257 Å². The predicted octanol–water partition coefficient (Wildman–Crippen LogP) is -0.146. The molecule has 12 rings (SSSR count). The van der Waals surface area contributed by atoms with Crippen molar-refractivity contribution >= 4 is 11.8 Å². The molecule has 8 saturated carbocycles. The summed E-state index contributed by atoms with van der Waals surface area (Å²) in [5.41, 5.74) is -2.14. The minimum absolute atomic E-state index is 0.0741. The Morgan fingerprint density at radius 1 is 0.432 bits per heavy atom. The Labute approximate surface area is 556 Å². The van der Waals surface area contributed by atoms with Gasteiger partial charge in [0, 0.05) is 23.9 Å². The van der Waals surface area contributed by atoms with Crippen LogP contribution in [0, 0.1) is 56.2 Å². The maximum absolute atomic E-state index is 14.6. The molecule has 0 aromatic heterocycles. The summed E-state index contributed by atoms with van der Waals surface area (Å²) < 4.78 is 49.5. The topological polar surface area (TPSA) is 415 Å². The average Bonchev–Trinajstić information content (AvgIpc) is 1.61. The third-order valence-corrected chi connectivity index (χ3v) is 27.3. The molecule has 0 radical (unpaired) electrons. The zero-order valence-electron chi connectivity index (χ0n) is 55.7. The fourth-order valence-corrected chi connectivity index (χ4v) is 22.5. The molecule has 26 nitrogen and oxygen atoms in total. The zero-order valence-corrected chi connectivity index (χ0v) is 55.7. The highest BCUT2D eigenvalue weighted by Gasteiger charge is 2.71. The Bertz CT molecular complexity index is 2610. The highest BCUT2D eigenvalue weighted by molar-refractivity contribution is 5.83. The molecule has 540 valence electrons. The Morgan fingerprint density at radius 2 is 0.768 bits per heavy atom. The first kappa shape index (κ1) is 72.3. The lowest BCUT2D eigenvalue weighted by atomic mass is 9.40. The molecule has 2 spiro atoms. The largest absolute Gasteiger partial charge is 0.394 e. The van der Waals surface area contributed by atoms with Gasteiger partial charge in [-0.25, -0.2) is 0 Å². The number of ether oxygens (including phenoxy) is 8. The zero-order chi connectivity index (χ0) is 68.3. The van der Waals surface area contributed by atoms with Crippen molar-refractivity contribution in [3.8, 4) is 0 Å². The molecule has 0 aromatic rings. The number of rotatable bonds is 20. The predicted molar refractivity (Wildman–Crippen MR) is 333 cm³/mol. The number of hydrogen-bond donors (Lipinski definition) is 16. The van der Waals surface area contributed by atoms with Crippen molar-refractivity contribution in [1.82, 2.24) is 10.6 Å². The van der Waals surface area contributed by atoms with Crippen LogP contribution in [0.4, 0.5) is 0 Å². The van der Waals surface area contributed by atoms with E-state index in [0.29, 0.717) is 51.6 Å². The molecular formula is C69H110N2O24. The molecule has 4 heterocycles. The molecule has 8 aliphatic carbocycles. The number of fused-ring (bicyclic) bond motifs is 6. The monoisotopic (exact) mass is 1350 g/mol. The number of carbonyl (C=O) groups excluding carboxylic acids is 2. The Hall–Kier alpha value is -2.46. The van der Waals surface area contributed by atoms with Gasteiger partial charge in [0.25, 0.3) is 0 Å². The summed E-state index contributed by atoms with van der Waals surface area (Å²) in [6.07, 6.45) is -15.2. The van der Waals surface area contributed by atoms with Gasteiger partial charge in [-0.05, 0) is 178 Å². The second-order valence-electron chi connectivity index (χ2n) is 32.4. The van der Waals surface area contributed by atoms with Gasteiger partial charge in [0.2, 0.25) is 11.8 Å². The second-order valence-corrected chi connectivity index (χ2v) is 32.4. The van der Waals surface area contributed by atoms with E-state index in [4.69, 9.17) is 37.9 Å². The summed E-state index contributed by atoms with van der Waals surface area (Å²) >= 11 is 0.